The van der Waals surface area contributed by atoms with Crippen molar-refractivity contribution in [2.75, 3.05) is 30.3 Å². The first-order valence-electron chi connectivity index (χ1n) is 6.87. The number of nitrogens with zero attached hydrogens (tertiary/aromatic N) is 3. The minimum atomic E-state index is -0.467. The molecule has 0 aliphatic carbocycles. The highest BCUT2D eigenvalue weighted by Crippen LogP contribution is 2.26. The molecule has 21 heavy (non-hydrogen) atoms. The summed E-state index contributed by atoms with van der Waals surface area (Å²) in [4.78, 5) is 27.4. The molecule has 1 fully saturated rings. The van der Waals surface area contributed by atoms with Crippen molar-refractivity contribution >= 4 is 23.2 Å². The number of rotatable bonds is 4. The molecule has 2 heterocycles. The summed E-state index contributed by atoms with van der Waals surface area (Å²) in [6.45, 7) is 3.67. The Balaban J connectivity index is 1.99. The number of carbonyl (C=O) groups excluding carboxylic acids is 1. The second-order valence-corrected chi connectivity index (χ2v) is 5.23. The van der Waals surface area contributed by atoms with E-state index in [9.17, 15) is 14.9 Å². The lowest BCUT2D eigenvalue weighted by Gasteiger charge is -2.32. The molecule has 114 valence electrons. The molecule has 0 bridgehead atoms. The topological polar surface area (TPSA) is 114 Å². The molecule has 1 aliphatic heterocycles. The quantitative estimate of drug-likeness (QED) is 0.630. The number of aromatic nitrogens is 1. The van der Waals surface area contributed by atoms with Gasteiger partial charge in [-0.05, 0) is 18.8 Å². The van der Waals surface area contributed by atoms with E-state index in [2.05, 4.69) is 10.3 Å². The van der Waals surface area contributed by atoms with Crippen LogP contribution in [0.3, 0.4) is 0 Å². The van der Waals surface area contributed by atoms with E-state index in [-0.39, 0.29) is 17.4 Å². The van der Waals surface area contributed by atoms with E-state index in [1.165, 1.54) is 19.1 Å². The number of carbonyl (C=O) groups is 1. The molecule has 1 aromatic rings. The van der Waals surface area contributed by atoms with Gasteiger partial charge in [0.2, 0.25) is 5.91 Å². The summed E-state index contributed by atoms with van der Waals surface area (Å²) in [5, 5.41) is 13.7. The zero-order valence-electron chi connectivity index (χ0n) is 11.9. The Hall–Kier alpha value is -2.38. The summed E-state index contributed by atoms with van der Waals surface area (Å²) < 4.78 is 0. The fourth-order valence-corrected chi connectivity index (χ4v) is 2.44. The number of nitrogen functional groups attached to an aromatic ring is 1. The minimum absolute atomic E-state index is 0.0226. The van der Waals surface area contributed by atoms with Crippen LogP contribution in [0.5, 0.6) is 0 Å². The molecule has 0 aromatic carbocycles. The molecule has 0 unspecified atom stereocenters. The Bertz CT molecular complexity index is 541. The lowest BCUT2D eigenvalue weighted by molar-refractivity contribution is -0.384. The highest BCUT2D eigenvalue weighted by atomic mass is 16.6. The number of hydrogen-bond acceptors (Lipinski definition) is 6. The zero-order valence-corrected chi connectivity index (χ0v) is 11.9. The number of anilines is 2. The van der Waals surface area contributed by atoms with Crippen LogP contribution in [0.25, 0.3) is 0 Å². The molecule has 3 N–H and O–H groups in total. The van der Waals surface area contributed by atoms with E-state index < -0.39 is 4.92 Å². The molecular weight excluding hydrogens is 274 g/mol. The molecule has 1 aromatic heterocycles. The van der Waals surface area contributed by atoms with Crippen molar-refractivity contribution in [3.05, 3.63) is 22.2 Å². The number of pyridine rings is 1. The molecule has 1 amide bonds. The van der Waals surface area contributed by atoms with Crippen molar-refractivity contribution < 1.29 is 9.72 Å². The first-order valence-corrected chi connectivity index (χ1v) is 6.87. The van der Waals surface area contributed by atoms with Gasteiger partial charge in [-0.15, -0.1) is 0 Å². The van der Waals surface area contributed by atoms with Gasteiger partial charge in [-0.25, -0.2) is 4.98 Å². The number of piperidine rings is 1. The second-order valence-electron chi connectivity index (χ2n) is 5.23. The molecule has 8 heteroatoms. The number of nitrogens with two attached hydrogens (primary N) is 1. The van der Waals surface area contributed by atoms with Crippen molar-refractivity contribution in [3.8, 4) is 0 Å². The first-order chi connectivity index (χ1) is 9.95. The Labute approximate surface area is 122 Å². The summed E-state index contributed by atoms with van der Waals surface area (Å²) in [6, 6.07) is 2.71. The van der Waals surface area contributed by atoms with Crippen molar-refractivity contribution in [1.29, 1.82) is 0 Å². The zero-order chi connectivity index (χ0) is 15.4. The van der Waals surface area contributed by atoms with E-state index >= 15 is 0 Å². The summed E-state index contributed by atoms with van der Waals surface area (Å²) >= 11 is 0. The van der Waals surface area contributed by atoms with Crippen LogP contribution < -0.4 is 16.0 Å². The maximum absolute atomic E-state index is 10.9. The van der Waals surface area contributed by atoms with E-state index in [1.54, 1.807) is 0 Å². The predicted molar refractivity (Wildman–Crippen MR) is 78.9 cm³/mol. The number of nitrogens with one attached hydrogen (secondary N) is 1. The lowest BCUT2D eigenvalue weighted by Crippen LogP contribution is -2.38. The van der Waals surface area contributed by atoms with Gasteiger partial charge in [0.1, 0.15) is 11.6 Å². The summed E-state index contributed by atoms with van der Waals surface area (Å²) in [6.07, 6.45) is 1.81. The summed E-state index contributed by atoms with van der Waals surface area (Å²) in [5.74, 6) is 1.10. The fourth-order valence-electron chi connectivity index (χ4n) is 2.44. The molecule has 1 aliphatic rings. The van der Waals surface area contributed by atoms with Crippen LogP contribution >= 0.6 is 0 Å². The van der Waals surface area contributed by atoms with Crippen LogP contribution in [0.2, 0.25) is 0 Å². The highest BCUT2D eigenvalue weighted by Gasteiger charge is 2.22. The van der Waals surface area contributed by atoms with Gasteiger partial charge >= 0.3 is 0 Å². The van der Waals surface area contributed by atoms with E-state index in [1.807, 2.05) is 4.90 Å². The Kier molecular flexibility index (Phi) is 4.56. The number of amides is 1. The van der Waals surface area contributed by atoms with Gasteiger partial charge in [0.25, 0.3) is 5.69 Å². The van der Waals surface area contributed by atoms with Gasteiger partial charge in [-0.2, -0.15) is 0 Å². The Morgan fingerprint density at radius 2 is 2.19 bits per heavy atom. The third kappa shape index (κ3) is 4.04. The average molecular weight is 293 g/mol. The van der Waals surface area contributed by atoms with Crippen LogP contribution in [0.1, 0.15) is 19.8 Å². The fraction of sp³-hybridized carbons (Fsp3) is 0.538. The highest BCUT2D eigenvalue weighted by molar-refractivity contribution is 5.72. The Morgan fingerprint density at radius 3 is 2.76 bits per heavy atom. The van der Waals surface area contributed by atoms with Gasteiger partial charge in [0, 0.05) is 26.6 Å². The van der Waals surface area contributed by atoms with Gasteiger partial charge < -0.3 is 16.0 Å². The maximum atomic E-state index is 10.9. The lowest BCUT2D eigenvalue weighted by atomic mass is 9.97. The van der Waals surface area contributed by atoms with E-state index in [0.29, 0.717) is 18.3 Å². The molecule has 8 nitrogen and oxygen atoms in total. The number of hydrogen-bond donors (Lipinski definition) is 2. The van der Waals surface area contributed by atoms with E-state index in [0.717, 1.165) is 25.9 Å². The Morgan fingerprint density at radius 1 is 1.52 bits per heavy atom. The van der Waals surface area contributed by atoms with E-state index in [4.69, 9.17) is 5.73 Å². The standard InChI is InChI=1S/C13H19N5O3/c1-9(19)15-8-10-2-4-17(5-3-10)13-7-11(18(20)21)6-12(14)16-13/h6-7,10H,2-5,8H2,1H3,(H2,14,16)(H,15,19). The van der Waals surface area contributed by atoms with Crippen LogP contribution in [-0.4, -0.2) is 35.4 Å². The van der Waals surface area contributed by atoms with Gasteiger partial charge in [-0.3, -0.25) is 14.9 Å². The van der Waals surface area contributed by atoms with Gasteiger partial charge in [0.05, 0.1) is 17.1 Å². The third-order valence-corrected chi connectivity index (χ3v) is 3.61. The molecule has 0 spiro atoms. The molecule has 0 atom stereocenters. The molecule has 0 saturated carbocycles. The van der Waals surface area contributed by atoms with Gasteiger partial charge in [-0.1, -0.05) is 0 Å². The molecule has 1 saturated heterocycles. The monoisotopic (exact) mass is 293 g/mol. The van der Waals surface area contributed by atoms with Crippen molar-refractivity contribution in [3.63, 3.8) is 0 Å². The van der Waals surface area contributed by atoms with Crippen LogP contribution in [-0.2, 0) is 4.79 Å². The average Bonchev–Trinajstić information content (AvgIpc) is 2.45. The normalized spacial score (nSPS) is 15.8. The van der Waals surface area contributed by atoms with Crippen LogP contribution in [0, 0.1) is 16.0 Å². The van der Waals surface area contributed by atoms with Gasteiger partial charge in [0.15, 0.2) is 0 Å². The molecule has 0 radical (unpaired) electrons. The van der Waals surface area contributed by atoms with Crippen LogP contribution in [0.4, 0.5) is 17.3 Å². The largest absolute Gasteiger partial charge is 0.383 e. The summed E-state index contributed by atoms with van der Waals surface area (Å²) in [7, 11) is 0. The van der Waals surface area contributed by atoms with Crippen molar-refractivity contribution in [2.24, 2.45) is 5.92 Å². The predicted octanol–water partition coefficient (Wildman–Crippen LogP) is 0.924. The smallest absolute Gasteiger partial charge is 0.276 e. The minimum Gasteiger partial charge on any atom is -0.383 e. The van der Waals surface area contributed by atoms with Crippen molar-refractivity contribution in [1.82, 2.24) is 10.3 Å². The molecule has 2 rings (SSSR count). The molecular formula is C13H19N5O3. The first kappa shape index (κ1) is 15.0. The summed E-state index contributed by atoms with van der Waals surface area (Å²) in [5.41, 5.74) is 5.58. The second kappa shape index (κ2) is 6.38. The van der Waals surface area contributed by atoms with Crippen LogP contribution in [0.15, 0.2) is 12.1 Å². The number of nitro groups is 1. The maximum Gasteiger partial charge on any atom is 0.276 e. The third-order valence-electron chi connectivity index (χ3n) is 3.61. The SMILES string of the molecule is CC(=O)NCC1CCN(c2cc([N+](=O)[O-])cc(N)n2)CC1. The van der Waals surface area contributed by atoms with Crippen molar-refractivity contribution in [2.45, 2.75) is 19.8 Å².